The highest BCUT2D eigenvalue weighted by Gasteiger charge is 2.31. The Morgan fingerprint density at radius 1 is 0.227 bits per heavy atom. The van der Waals surface area contributed by atoms with Gasteiger partial charge in [-0.2, -0.15) is 21.9 Å². The second-order valence-corrected chi connectivity index (χ2v) is 20.6. The van der Waals surface area contributed by atoms with E-state index in [2.05, 4.69) is 149 Å². The minimum atomic E-state index is -1.22. The lowest BCUT2D eigenvalue weighted by molar-refractivity contribution is -0.929. The van der Waals surface area contributed by atoms with Crippen LogP contribution in [0.3, 0.4) is 0 Å². The van der Waals surface area contributed by atoms with Gasteiger partial charge in [-0.3, -0.25) is 0 Å². The third-order valence-corrected chi connectivity index (χ3v) is 15.1. The molecule has 2 heteroatoms. The average molecular weight is 898 g/mol. The number of benzene rings is 4. The number of hydrogen-bond donors (Lipinski definition) is 0. The molecule has 0 radical (unpaired) electrons. The summed E-state index contributed by atoms with van der Waals surface area (Å²) >= 11 is 0. The maximum absolute atomic E-state index is 2.34. The summed E-state index contributed by atoms with van der Waals surface area (Å²) in [5.41, 5.74) is 5.36. The molecule has 0 aliphatic heterocycles. The van der Waals surface area contributed by atoms with E-state index < -0.39 is 6.15 Å². The van der Waals surface area contributed by atoms with Crippen LogP contribution in [0.2, 0.25) is 0 Å². The topological polar surface area (TPSA) is 0 Å². The molecule has 0 bridgehead atoms. The van der Waals surface area contributed by atoms with Crippen molar-refractivity contribution in [1.29, 1.82) is 0 Å². The lowest BCUT2D eigenvalue weighted by atomic mass is 9.13. The molecule has 1 nitrogen and oxygen atoms in total. The molecular weight excluding hydrogens is 794 g/mol. The van der Waals surface area contributed by atoms with Gasteiger partial charge in [0.1, 0.15) is 6.15 Å². The molecule has 0 aliphatic rings. The van der Waals surface area contributed by atoms with Crippen LogP contribution >= 0.6 is 0 Å². The molecule has 0 saturated heterocycles. The van der Waals surface area contributed by atoms with Crippen molar-refractivity contribution in [2.75, 3.05) is 26.2 Å². The normalized spacial score (nSPS) is 11.7. The van der Waals surface area contributed by atoms with Crippen LogP contribution in [-0.4, -0.2) is 36.8 Å². The minimum absolute atomic E-state index is 1.22. The summed E-state index contributed by atoms with van der Waals surface area (Å²) in [6, 6.07) is 43.5. The van der Waals surface area contributed by atoms with Gasteiger partial charge in [-0.25, -0.2) is 0 Å². The summed E-state index contributed by atoms with van der Waals surface area (Å²) in [5.74, 6) is 0. The van der Waals surface area contributed by atoms with Crippen molar-refractivity contribution in [2.24, 2.45) is 0 Å². The van der Waals surface area contributed by atoms with Gasteiger partial charge in [0.15, 0.2) is 0 Å². The van der Waals surface area contributed by atoms with Crippen LogP contribution in [-0.2, 0) is 0 Å². The van der Waals surface area contributed by atoms with E-state index in [0.29, 0.717) is 0 Å². The zero-order chi connectivity index (χ0) is 46.9. The highest BCUT2D eigenvalue weighted by atomic mass is 15.3. The van der Waals surface area contributed by atoms with Crippen LogP contribution in [0.25, 0.3) is 0 Å². The number of unbranched alkanes of at least 4 members (excludes halogenated alkanes) is 28. The highest BCUT2D eigenvalue weighted by Crippen LogP contribution is 2.22. The number of hydrogen-bond acceptors (Lipinski definition) is 0. The van der Waals surface area contributed by atoms with Gasteiger partial charge in [-0.1, -0.05) is 303 Å². The minimum Gasteiger partial charge on any atom is -0.324 e. The van der Waals surface area contributed by atoms with Gasteiger partial charge >= 0.3 is 0 Å². The quantitative estimate of drug-likeness (QED) is 0.0237. The molecule has 0 fully saturated rings. The lowest BCUT2D eigenvalue weighted by Gasteiger charge is -2.44. The predicted octanol–water partition coefficient (Wildman–Crippen LogP) is 17.4. The van der Waals surface area contributed by atoms with Crippen molar-refractivity contribution in [3.8, 4) is 0 Å². The van der Waals surface area contributed by atoms with E-state index in [0.717, 1.165) is 0 Å². The van der Waals surface area contributed by atoms with Gasteiger partial charge in [-0.15, -0.1) is 0 Å². The first-order valence-electron chi connectivity index (χ1n) is 28.9. The molecule has 0 unspecified atom stereocenters. The fraction of sp³-hybridized carbons (Fsp3) is 0.625. The van der Waals surface area contributed by atoms with Crippen LogP contribution < -0.4 is 21.9 Å². The molecule has 0 spiro atoms. The Balaban J connectivity index is 0.000000388. The van der Waals surface area contributed by atoms with Crippen molar-refractivity contribution in [2.45, 2.75) is 233 Å². The molecule has 0 heterocycles. The molecule has 368 valence electrons. The van der Waals surface area contributed by atoms with Gasteiger partial charge in [0.2, 0.25) is 0 Å². The fourth-order valence-corrected chi connectivity index (χ4v) is 11.1. The second-order valence-electron chi connectivity index (χ2n) is 20.6. The molecule has 0 amide bonds. The zero-order valence-corrected chi connectivity index (χ0v) is 44.0. The summed E-state index contributed by atoms with van der Waals surface area (Å²) in [4.78, 5) is 0. The smallest absolute Gasteiger partial charge is 0.108 e. The third-order valence-electron chi connectivity index (χ3n) is 15.1. The maximum Gasteiger partial charge on any atom is 0.108 e. The summed E-state index contributed by atoms with van der Waals surface area (Å²) in [7, 11) is 0. The average Bonchev–Trinajstić information content (AvgIpc) is 3.36. The zero-order valence-electron chi connectivity index (χ0n) is 44.0. The largest absolute Gasteiger partial charge is 0.324 e. The lowest BCUT2D eigenvalue weighted by Crippen LogP contribution is -2.74. The van der Waals surface area contributed by atoms with E-state index in [1.807, 2.05) is 0 Å². The molecule has 0 saturated carbocycles. The van der Waals surface area contributed by atoms with E-state index in [1.54, 1.807) is 0 Å². The molecule has 0 atom stereocenters. The van der Waals surface area contributed by atoms with Crippen LogP contribution in [0.5, 0.6) is 0 Å². The predicted molar refractivity (Wildman–Crippen MR) is 300 cm³/mol. The van der Waals surface area contributed by atoms with Crippen LogP contribution in [0.15, 0.2) is 121 Å². The van der Waals surface area contributed by atoms with Crippen molar-refractivity contribution in [3.63, 3.8) is 0 Å². The molecule has 0 aromatic heterocycles. The summed E-state index contributed by atoms with van der Waals surface area (Å²) in [5, 5.41) is 0. The SMILES string of the molecule is CCCCCCCCCC[N+](CCCCCCCCCC)(CCCCCCCCCC)CCCCCCCCCC.c1ccc([B-](c2ccccc2)(c2ccccc2)c2ccccc2)cc1. The van der Waals surface area contributed by atoms with E-state index in [4.69, 9.17) is 0 Å². The maximum atomic E-state index is 2.34. The molecule has 4 aromatic carbocycles. The van der Waals surface area contributed by atoms with Crippen molar-refractivity contribution < 1.29 is 4.48 Å². The molecule has 4 aromatic rings. The highest BCUT2D eigenvalue weighted by molar-refractivity contribution is 7.19. The second kappa shape index (κ2) is 38.8. The van der Waals surface area contributed by atoms with E-state index in [1.165, 1.54) is 258 Å². The first-order valence-corrected chi connectivity index (χ1v) is 28.9. The Bertz CT molecular complexity index is 1360. The van der Waals surface area contributed by atoms with Gasteiger partial charge in [0.25, 0.3) is 0 Å². The molecule has 4 rings (SSSR count). The van der Waals surface area contributed by atoms with Crippen LogP contribution in [0.1, 0.15) is 233 Å². The third kappa shape index (κ3) is 23.3. The Kier molecular flexibility index (Phi) is 33.7. The Labute approximate surface area is 411 Å². The Hall–Kier alpha value is -3.10. The number of quaternary nitrogens is 1. The first-order chi connectivity index (χ1) is 32.7. The Morgan fingerprint density at radius 2 is 0.394 bits per heavy atom. The van der Waals surface area contributed by atoms with Gasteiger partial charge in [0.05, 0.1) is 26.2 Å². The Morgan fingerprint density at radius 3 is 0.576 bits per heavy atom. The standard InChI is InChI=1S/C40H84N.C24H20B/c1-5-9-13-17-21-25-29-33-37-41(38-34-30-26-22-18-14-10-6-2,39-35-31-27-23-19-15-11-7-3)40-36-32-28-24-20-16-12-8-4;1-5-13-21(14-6-1)25(22-15-7-2-8-16-22,23-17-9-3-10-18-23)24-19-11-4-12-20-24/h5-40H2,1-4H3;1-20H/q+1;-1. The van der Waals surface area contributed by atoms with Gasteiger partial charge in [-0.05, 0) is 51.4 Å². The fourth-order valence-electron chi connectivity index (χ4n) is 11.1. The van der Waals surface area contributed by atoms with Crippen LogP contribution in [0, 0.1) is 0 Å². The van der Waals surface area contributed by atoms with Gasteiger partial charge < -0.3 is 4.48 Å². The number of nitrogens with zero attached hydrogens (tertiary/aromatic N) is 1. The van der Waals surface area contributed by atoms with Crippen molar-refractivity contribution in [3.05, 3.63) is 121 Å². The summed E-state index contributed by atoms with van der Waals surface area (Å²) in [6.45, 7) is 15.3. The van der Waals surface area contributed by atoms with Crippen molar-refractivity contribution >= 4 is 28.0 Å². The van der Waals surface area contributed by atoms with Crippen molar-refractivity contribution in [1.82, 2.24) is 0 Å². The molecule has 0 aliphatic carbocycles. The van der Waals surface area contributed by atoms with E-state index >= 15 is 0 Å². The van der Waals surface area contributed by atoms with E-state index in [-0.39, 0.29) is 0 Å². The first kappa shape index (κ1) is 57.2. The number of rotatable bonds is 40. The monoisotopic (exact) mass is 898 g/mol. The summed E-state index contributed by atoms with van der Waals surface area (Å²) < 4.78 is 1.48. The molecular formula is C64H104BN. The molecule has 66 heavy (non-hydrogen) atoms. The summed E-state index contributed by atoms with van der Waals surface area (Å²) in [6.07, 6.45) is 45.5. The van der Waals surface area contributed by atoms with Gasteiger partial charge in [0, 0.05) is 0 Å². The molecule has 0 N–H and O–H groups in total. The van der Waals surface area contributed by atoms with Crippen LogP contribution in [0.4, 0.5) is 0 Å². The van der Waals surface area contributed by atoms with E-state index in [9.17, 15) is 0 Å².